The summed E-state index contributed by atoms with van der Waals surface area (Å²) in [4.78, 5) is 0. The molecule has 0 radical (unpaired) electrons. The van der Waals surface area contributed by atoms with Crippen LogP contribution >= 0.6 is 11.6 Å². The zero-order chi connectivity index (χ0) is 23.0. The lowest BCUT2D eigenvalue weighted by Crippen LogP contribution is -2.42. The summed E-state index contributed by atoms with van der Waals surface area (Å²) in [6.45, 7) is 4.61. The number of halogens is 2. The molecule has 0 spiro atoms. The molecule has 4 heteroatoms. The molecule has 1 N–H and O–H groups in total. The molecule has 5 rings (SSSR count). The predicted molar refractivity (Wildman–Crippen MR) is 134 cm³/mol. The zero-order valence-corrected chi connectivity index (χ0v) is 19.6. The fourth-order valence-corrected chi connectivity index (χ4v) is 4.76. The number of rotatable bonds is 6. The van der Waals surface area contributed by atoms with Gasteiger partial charge in [0.15, 0.2) is 5.67 Å². The first kappa shape index (κ1) is 22.1. The van der Waals surface area contributed by atoms with Crippen molar-refractivity contribution < 1.29 is 9.13 Å². The van der Waals surface area contributed by atoms with Gasteiger partial charge in [-0.2, -0.15) is 0 Å². The maximum atomic E-state index is 14.7. The summed E-state index contributed by atoms with van der Waals surface area (Å²) >= 11 is 6.19. The van der Waals surface area contributed by atoms with Crippen LogP contribution in [0.3, 0.4) is 0 Å². The number of fused-ring (bicyclic) bond motifs is 1. The van der Waals surface area contributed by atoms with Gasteiger partial charge in [0, 0.05) is 17.1 Å². The van der Waals surface area contributed by atoms with Gasteiger partial charge in [0.2, 0.25) is 0 Å². The van der Waals surface area contributed by atoms with E-state index in [9.17, 15) is 4.39 Å². The zero-order valence-electron chi connectivity index (χ0n) is 18.8. The molecule has 1 aliphatic rings. The standard InChI is InChI=1S/C29H27ClFNO/c1-19(22-7-5-8-26(30)15-22)32-20(2)24-14-23-6-3-4-9-27(23)28(16-24)21-10-12-25(13-11-21)29(31)17-33-18-29/h3-16,19-20,32H,17-18H2,1-2H3/t19-,20?/m1/s1. The van der Waals surface area contributed by atoms with Crippen LogP contribution in [0.15, 0.2) is 84.9 Å². The van der Waals surface area contributed by atoms with Gasteiger partial charge in [-0.15, -0.1) is 0 Å². The fraction of sp³-hybridized carbons (Fsp3) is 0.241. The highest BCUT2D eigenvalue weighted by Crippen LogP contribution is 2.37. The minimum Gasteiger partial charge on any atom is -0.374 e. The number of benzene rings is 4. The van der Waals surface area contributed by atoms with Crippen molar-refractivity contribution in [2.24, 2.45) is 0 Å². The predicted octanol–water partition coefficient (Wildman–Crippen LogP) is 7.77. The van der Waals surface area contributed by atoms with E-state index in [1.165, 1.54) is 16.3 Å². The first-order chi connectivity index (χ1) is 15.9. The van der Waals surface area contributed by atoms with E-state index in [0.29, 0.717) is 5.56 Å². The number of hydrogen-bond acceptors (Lipinski definition) is 2. The quantitative estimate of drug-likeness (QED) is 0.318. The Morgan fingerprint density at radius 1 is 0.848 bits per heavy atom. The molecule has 1 saturated heterocycles. The third-order valence-electron chi connectivity index (χ3n) is 6.61. The van der Waals surface area contributed by atoms with Crippen LogP contribution in [0.2, 0.25) is 5.02 Å². The largest absolute Gasteiger partial charge is 0.374 e. The third kappa shape index (κ3) is 4.41. The molecule has 1 heterocycles. The van der Waals surface area contributed by atoms with Crippen LogP contribution in [0.4, 0.5) is 4.39 Å². The Labute approximate surface area is 199 Å². The van der Waals surface area contributed by atoms with E-state index in [2.05, 4.69) is 61.6 Å². The molecule has 0 aromatic heterocycles. The minimum absolute atomic E-state index is 0.128. The second kappa shape index (κ2) is 8.90. The van der Waals surface area contributed by atoms with Crippen molar-refractivity contribution >= 4 is 22.4 Å². The topological polar surface area (TPSA) is 21.3 Å². The van der Waals surface area contributed by atoms with Crippen LogP contribution in [0, 0.1) is 0 Å². The Bertz CT molecular complexity index is 1280. The highest BCUT2D eigenvalue weighted by Gasteiger charge is 2.40. The van der Waals surface area contributed by atoms with Gasteiger partial charge < -0.3 is 10.1 Å². The van der Waals surface area contributed by atoms with Crippen molar-refractivity contribution in [3.8, 4) is 11.1 Å². The van der Waals surface area contributed by atoms with Crippen LogP contribution in [-0.2, 0) is 10.4 Å². The average Bonchev–Trinajstić information content (AvgIpc) is 2.82. The maximum Gasteiger partial charge on any atom is 0.182 e. The lowest BCUT2D eigenvalue weighted by atomic mass is 9.90. The van der Waals surface area contributed by atoms with Crippen molar-refractivity contribution in [2.75, 3.05) is 13.2 Å². The Morgan fingerprint density at radius 3 is 2.27 bits per heavy atom. The van der Waals surface area contributed by atoms with E-state index in [-0.39, 0.29) is 25.3 Å². The summed E-state index contributed by atoms with van der Waals surface area (Å²) < 4.78 is 19.8. The van der Waals surface area contributed by atoms with Gasteiger partial charge in [-0.1, -0.05) is 72.3 Å². The molecule has 168 valence electrons. The molecule has 1 unspecified atom stereocenters. The Hall–Kier alpha value is -2.72. The minimum atomic E-state index is -1.35. The Kier molecular flexibility index (Phi) is 5.96. The molecular weight excluding hydrogens is 433 g/mol. The summed E-state index contributed by atoms with van der Waals surface area (Å²) in [5.41, 5.74) is 3.93. The van der Waals surface area contributed by atoms with Gasteiger partial charge in [0.1, 0.15) is 0 Å². The highest BCUT2D eigenvalue weighted by molar-refractivity contribution is 6.30. The molecule has 0 aliphatic carbocycles. The normalized spacial score (nSPS) is 16.8. The van der Waals surface area contributed by atoms with Crippen LogP contribution in [-0.4, -0.2) is 13.2 Å². The SMILES string of the molecule is CC(N[C@H](C)c1cccc(Cl)c1)c1cc(-c2ccc(C3(F)COC3)cc2)c2ccccc2c1. The van der Waals surface area contributed by atoms with Crippen molar-refractivity contribution in [3.05, 3.63) is 107 Å². The van der Waals surface area contributed by atoms with Gasteiger partial charge in [-0.25, -0.2) is 4.39 Å². The summed E-state index contributed by atoms with van der Waals surface area (Å²) in [6, 6.07) is 29.0. The molecule has 4 aromatic rings. The highest BCUT2D eigenvalue weighted by atomic mass is 35.5. The van der Waals surface area contributed by atoms with Gasteiger partial charge in [0.25, 0.3) is 0 Å². The van der Waals surface area contributed by atoms with E-state index >= 15 is 0 Å². The summed E-state index contributed by atoms with van der Waals surface area (Å²) in [5, 5.41) is 6.82. The Morgan fingerprint density at radius 2 is 1.58 bits per heavy atom. The second-order valence-electron chi connectivity index (χ2n) is 8.99. The number of ether oxygens (including phenoxy) is 1. The molecule has 4 aromatic carbocycles. The van der Waals surface area contributed by atoms with Crippen LogP contribution in [0.5, 0.6) is 0 Å². The molecular formula is C29H27ClFNO. The van der Waals surface area contributed by atoms with Gasteiger partial charge in [-0.05, 0) is 76.7 Å². The second-order valence-corrected chi connectivity index (χ2v) is 9.43. The third-order valence-corrected chi connectivity index (χ3v) is 6.84. The Balaban J connectivity index is 1.48. The van der Waals surface area contributed by atoms with Crippen molar-refractivity contribution in [3.63, 3.8) is 0 Å². The molecule has 2 nitrogen and oxygen atoms in total. The van der Waals surface area contributed by atoms with E-state index < -0.39 is 5.67 Å². The van der Waals surface area contributed by atoms with Crippen LogP contribution in [0.25, 0.3) is 21.9 Å². The van der Waals surface area contributed by atoms with E-state index in [4.69, 9.17) is 16.3 Å². The van der Waals surface area contributed by atoms with E-state index in [1.54, 1.807) is 0 Å². The summed E-state index contributed by atoms with van der Waals surface area (Å²) in [6.07, 6.45) is 0. The lowest BCUT2D eigenvalue weighted by Gasteiger charge is -2.34. The van der Waals surface area contributed by atoms with Gasteiger partial charge >= 0.3 is 0 Å². The lowest BCUT2D eigenvalue weighted by molar-refractivity contribution is -0.135. The first-order valence-electron chi connectivity index (χ1n) is 11.3. The first-order valence-corrected chi connectivity index (χ1v) is 11.7. The molecule has 33 heavy (non-hydrogen) atoms. The molecule has 0 saturated carbocycles. The van der Waals surface area contributed by atoms with Gasteiger partial charge in [-0.3, -0.25) is 0 Å². The van der Waals surface area contributed by atoms with E-state index in [1.807, 2.05) is 42.5 Å². The smallest absolute Gasteiger partial charge is 0.182 e. The van der Waals surface area contributed by atoms with Crippen molar-refractivity contribution in [1.29, 1.82) is 0 Å². The molecule has 1 fully saturated rings. The van der Waals surface area contributed by atoms with E-state index in [0.717, 1.165) is 21.7 Å². The van der Waals surface area contributed by atoms with Gasteiger partial charge in [0.05, 0.1) is 13.2 Å². The number of nitrogens with one attached hydrogen (secondary N) is 1. The average molecular weight is 460 g/mol. The van der Waals surface area contributed by atoms with Crippen LogP contribution in [0.1, 0.15) is 42.6 Å². The molecule has 1 aliphatic heterocycles. The van der Waals surface area contributed by atoms with Crippen LogP contribution < -0.4 is 5.32 Å². The molecule has 0 bridgehead atoms. The summed E-state index contributed by atoms with van der Waals surface area (Å²) in [7, 11) is 0. The van der Waals surface area contributed by atoms with Crippen molar-refractivity contribution in [1.82, 2.24) is 5.32 Å². The van der Waals surface area contributed by atoms with Crippen molar-refractivity contribution in [2.45, 2.75) is 31.6 Å². The number of alkyl halides is 1. The monoisotopic (exact) mass is 459 g/mol. The summed E-state index contributed by atoms with van der Waals surface area (Å²) in [5.74, 6) is 0. The molecule has 2 atom stereocenters. The number of hydrogen-bond donors (Lipinski definition) is 1. The maximum absolute atomic E-state index is 14.7. The fourth-order valence-electron chi connectivity index (χ4n) is 4.56. The molecule has 0 amide bonds.